The summed E-state index contributed by atoms with van der Waals surface area (Å²) >= 11 is 0. The van der Waals surface area contributed by atoms with E-state index >= 15 is 0 Å². The smallest absolute Gasteiger partial charge is 0.309 e. The largest absolute Gasteiger partial charge is 0.458 e. The van der Waals surface area contributed by atoms with Crippen LogP contribution in [0.1, 0.15) is 39.5 Å². The van der Waals surface area contributed by atoms with Crippen molar-refractivity contribution in [3.05, 3.63) is 12.2 Å². The predicted octanol–water partition coefficient (Wildman–Crippen LogP) is 1.41. The first-order chi connectivity index (χ1) is 8.82. The van der Waals surface area contributed by atoms with Crippen LogP contribution in [0.15, 0.2) is 12.2 Å². The van der Waals surface area contributed by atoms with E-state index in [0.29, 0.717) is 12.0 Å². The number of aliphatic hydroxyl groups is 2. The highest BCUT2D eigenvalue weighted by Crippen LogP contribution is 2.59. The zero-order valence-electron chi connectivity index (χ0n) is 11.6. The van der Waals surface area contributed by atoms with E-state index in [2.05, 4.69) is 6.58 Å². The van der Waals surface area contributed by atoms with Crippen LogP contribution in [0.4, 0.5) is 0 Å². The molecule has 0 spiro atoms. The monoisotopic (exact) mass is 266 g/mol. The summed E-state index contributed by atoms with van der Waals surface area (Å²) in [4.78, 5) is 11.8. The second kappa shape index (κ2) is 3.83. The zero-order valence-corrected chi connectivity index (χ0v) is 11.6. The van der Waals surface area contributed by atoms with Crippen LogP contribution in [0, 0.1) is 17.3 Å². The molecule has 0 aromatic heterocycles. The first kappa shape index (κ1) is 13.1. The number of hydrogen-bond acceptors (Lipinski definition) is 4. The third kappa shape index (κ3) is 1.39. The minimum Gasteiger partial charge on any atom is -0.458 e. The number of carbonyl (C=O) groups excluding carboxylic acids is 1. The zero-order chi connectivity index (χ0) is 14.0. The van der Waals surface area contributed by atoms with Crippen LogP contribution in [0.5, 0.6) is 0 Å². The fourth-order valence-corrected chi connectivity index (χ4v) is 4.40. The van der Waals surface area contributed by atoms with Gasteiger partial charge in [0.15, 0.2) is 0 Å². The Morgan fingerprint density at radius 3 is 2.84 bits per heavy atom. The maximum Gasteiger partial charge on any atom is 0.309 e. The van der Waals surface area contributed by atoms with Crippen LogP contribution in [-0.2, 0) is 9.53 Å². The second-order valence-corrected chi connectivity index (χ2v) is 6.70. The van der Waals surface area contributed by atoms with E-state index in [0.717, 1.165) is 19.3 Å². The maximum atomic E-state index is 11.8. The first-order valence-corrected chi connectivity index (χ1v) is 7.11. The molecular weight excluding hydrogens is 244 g/mol. The Hall–Kier alpha value is -0.870. The molecule has 6 atom stereocenters. The topological polar surface area (TPSA) is 66.8 Å². The molecular formula is C15H22O4. The van der Waals surface area contributed by atoms with E-state index in [4.69, 9.17) is 4.74 Å². The molecule has 0 unspecified atom stereocenters. The van der Waals surface area contributed by atoms with Crippen LogP contribution in [0.25, 0.3) is 0 Å². The molecule has 0 aromatic rings. The lowest BCUT2D eigenvalue weighted by molar-refractivity contribution is -0.222. The molecule has 2 aliphatic carbocycles. The minimum absolute atomic E-state index is 0.115. The van der Waals surface area contributed by atoms with Crippen LogP contribution >= 0.6 is 0 Å². The molecule has 0 radical (unpaired) electrons. The van der Waals surface area contributed by atoms with Gasteiger partial charge in [-0.3, -0.25) is 4.79 Å². The normalized spacial score (nSPS) is 53.5. The summed E-state index contributed by atoms with van der Waals surface area (Å²) < 4.78 is 5.47. The first-order valence-electron chi connectivity index (χ1n) is 7.11. The summed E-state index contributed by atoms with van der Waals surface area (Å²) in [6.07, 6.45) is 1.73. The number of ether oxygens (including phenoxy) is 1. The Kier molecular flexibility index (Phi) is 2.64. The maximum absolute atomic E-state index is 11.8. The van der Waals surface area contributed by atoms with Crippen molar-refractivity contribution < 1.29 is 19.7 Å². The highest BCUT2D eigenvalue weighted by atomic mass is 16.6. The van der Waals surface area contributed by atoms with Crippen molar-refractivity contribution in [2.45, 2.75) is 57.3 Å². The van der Waals surface area contributed by atoms with Crippen molar-refractivity contribution in [2.24, 2.45) is 17.3 Å². The Labute approximate surface area is 113 Å². The predicted molar refractivity (Wildman–Crippen MR) is 69.2 cm³/mol. The average molecular weight is 266 g/mol. The third-order valence-electron chi connectivity index (χ3n) is 5.87. The summed E-state index contributed by atoms with van der Waals surface area (Å²) in [6.45, 7) is 7.72. The van der Waals surface area contributed by atoms with Gasteiger partial charge in [-0.25, -0.2) is 0 Å². The molecule has 0 aromatic carbocycles. The molecule has 0 amide bonds. The molecule has 3 rings (SSSR count). The van der Waals surface area contributed by atoms with E-state index in [1.54, 1.807) is 0 Å². The lowest BCUT2D eigenvalue weighted by Gasteiger charge is -2.58. The number of aliphatic hydroxyl groups excluding tert-OH is 1. The standard InChI is InChI=1S/C15H22O4/c1-8-5-4-6-14(3)11(16)7-10-9(2)13(17)19-12(10)15(8,14)18/h9-12,16,18H,1,4-7H2,2-3H3/t9-,10-,11-,12-,14+,15-/m0/s1. The Balaban J connectivity index is 2.10. The summed E-state index contributed by atoms with van der Waals surface area (Å²) in [7, 11) is 0. The van der Waals surface area contributed by atoms with Crippen molar-refractivity contribution >= 4 is 5.97 Å². The molecule has 1 heterocycles. The minimum atomic E-state index is -1.28. The fourth-order valence-electron chi connectivity index (χ4n) is 4.40. The highest BCUT2D eigenvalue weighted by molar-refractivity contribution is 5.75. The molecule has 1 aliphatic heterocycles. The van der Waals surface area contributed by atoms with E-state index in [9.17, 15) is 15.0 Å². The van der Waals surface area contributed by atoms with Gasteiger partial charge in [-0.2, -0.15) is 0 Å². The molecule has 2 N–H and O–H groups in total. The van der Waals surface area contributed by atoms with E-state index in [1.807, 2.05) is 13.8 Å². The number of esters is 1. The van der Waals surface area contributed by atoms with Gasteiger partial charge in [0.05, 0.1) is 12.0 Å². The van der Waals surface area contributed by atoms with Crippen LogP contribution in [-0.4, -0.2) is 34.0 Å². The van der Waals surface area contributed by atoms with Crippen molar-refractivity contribution in [3.8, 4) is 0 Å². The van der Waals surface area contributed by atoms with Crippen LogP contribution in [0.2, 0.25) is 0 Å². The van der Waals surface area contributed by atoms with Gasteiger partial charge in [-0.1, -0.05) is 20.4 Å². The Morgan fingerprint density at radius 1 is 1.47 bits per heavy atom. The van der Waals surface area contributed by atoms with E-state index in [-0.39, 0.29) is 17.8 Å². The number of carbonyl (C=O) groups is 1. The van der Waals surface area contributed by atoms with E-state index in [1.165, 1.54) is 0 Å². The highest BCUT2D eigenvalue weighted by Gasteiger charge is 2.68. The molecule has 1 saturated heterocycles. The van der Waals surface area contributed by atoms with Gasteiger partial charge in [0.25, 0.3) is 0 Å². The van der Waals surface area contributed by atoms with Gasteiger partial charge in [0.1, 0.15) is 11.7 Å². The van der Waals surface area contributed by atoms with Gasteiger partial charge in [-0.05, 0) is 31.3 Å². The Morgan fingerprint density at radius 2 is 2.16 bits per heavy atom. The number of rotatable bonds is 0. The van der Waals surface area contributed by atoms with Crippen LogP contribution in [0.3, 0.4) is 0 Å². The molecule has 0 bridgehead atoms. The number of fused-ring (bicyclic) bond motifs is 3. The molecule has 106 valence electrons. The van der Waals surface area contributed by atoms with Crippen LogP contribution < -0.4 is 0 Å². The molecule has 2 saturated carbocycles. The van der Waals surface area contributed by atoms with Gasteiger partial charge in [-0.15, -0.1) is 0 Å². The average Bonchev–Trinajstić information content (AvgIpc) is 2.63. The molecule has 4 nitrogen and oxygen atoms in total. The van der Waals surface area contributed by atoms with Crippen molar-refractivity contribution in [2.75, 3.05) is 0 Å². The van der Waals surface area contributed by atoms with Gasteiger partial charge in [0.2, 0.25) is 0 Å². The Bertz CT molecular complexity index is 445. The summed E-state index contributed by atoms with van der Waals surface area (Å²) in [5.41, 5.74) is -1.24. The SMILES string of the molecule is C=C1CCC[C@]2(C)[C@@H](O)C[C@H]3[C@H](C)C(=O)O[C@@H]3[C@@]12O. The molecule has 4 heteroatoms. The lowest BCUT2D eigenvalue weighted by Crippen LogP contribution is -2.67. The van der Waals surface area contributed by atoms with Crippen molar-refractivity contribution in [3.63, 3.8) is 0 Å². The molecule has 19 heavy (non-hydrogen) atoms. The summed E-state index contributed by atoms with van der Waals surface area (Å²) in [5.74, 6) is -0.642. The lowest BCUT2D eigenvalue weighted by atomic mass is 9.51. The summed E-state index contributed by atoms with van der Waals surface area (Å²) in [6, 6.07) is 0. The van der Waals surface area contributed by atoms with Crippen molar-refractivity contribution in [1.82, 2.24) is 0 Å². The molecule has 3 aliphatic rings. The fraction of sp³-hybridized carbons (Fsp3) is 0.800. The second-order valence-electron chi connectivity index (χ2n) is 6.70. The molecule has 3 fully saturated rings. The number of hydrogen-bond donors (Lipinski definition) is 2. The van der Waals surface area contributed by atoms with Gasteiger partial charge < -0.3 is 14.9 Å². The van der Waals surface area contributed by atoms with Gasteiger partial charge in [0, 0.05) is 11.3 Å². The third-order valence-corrected chi connectivity index (χ3v) is 5.87. The summed E-state index contributed by atoms with van der Waals surface area (Å²) in [5, 5.41) is 21.8. The quantitative estimate of drug-likeness (QED) is 0.514. The van der Waals surface area contributed by atoms with E-state index < -0.39 is 23.2 Å². The van der Waals surface area contributed by atoms with Gasteiger partial charge >= 0.3 is 5.97 Å². The van der Waals surface area contributed by atoms with Crippen molar-refractivity contribution in [1.29, 1.82) is 0 Å².